The number of nitrogens with zero attached hydrogens (tertiary/aromatic N) is 1. The van der Waals surface area contributed by atoms with Gasteiger partial charge in [-0.3, -0.25) is 4.98 Å². The van der Waals surface area contributed by atoms with Gasteiger partial charge in [0.15, 0.2) is 0 Å². The van der Waals surface area contributed by atoms with E-state index in [4.69, 9.17) is 0 Å². The first-order valence-electron chi connectivity index (χ1n) is 5.68. The van der Waals surface area contributed by atoms with Gasteiger partial charge < -0.3 is 0 Å². The number of fused-ring (bicyclic) bond motifs is 1. The van der Waals surface area contributed by atoms with Gasteiger partial charge >= 0.3 is 0 Å². The summed E-state index contributed by atoms with van der Waals surface area (Å²) in [6.45, 7) is 2.08. The van der Waals surface area contributed by atoms with E-state index in [0.717, 1.165) is 5.52 Å². The van der Waals surface area contributed by atoms with Gasteiger partial charge in [0.2, 0.25) is 0 Å². The number of hydrogen-bond acceptors (Lipinski definition) is 1. The van der Waals surface area contributed by atoms with E-state index in [9.17, 15) is 0 Å². The van der Waals surface area contributed by atoms with Crippen molar-refractivity contribution in [3.05, 3.63) is 78.5 Å². The van der Waals surface area contributed by atoms with Crippen molar-refractivity contribution in [1.29, 1.82) is 0 Å². The Morgan fingerprint density at radius 3 is 1.84 bits per heavy atom. The molecule has 100 valence electrons. The summed E-state index contributed by atoms with van der Waals surface area (Å²) in [7, 11) is 0. The highest BCUT2D eigenvalue weighted by Crippen LogP contribution is 2.07. The maximum atomic E-state index is 4.18. The molecule has 0 fully saturated rings. The van der Waals surface area contributed by atoms with Crippen LogP contribution in [-0.4, -0.2) is 4.98 Å². The van der Waals surface area contributed by atoms with E-state index in [0.29, 0.717) is 0 Å². The zero-order valence-electron chi connectivity index (χ0n) is 10.7. The Bertz CT molecular complexity index is 517. The van der Waals surface area contributed by atoms with Crippen LogP contribution >= 0.6 is 24.8 Å². The standard InChI is InChI=1S/C9H7N.C7H8.2ClH/c1-2-6-9-8(4-1)5-3-7-10-9;1-7-5-3-2-4-6-7;;/h1-7H;2-6H,1H3;2*1H. The number of para-hydroxylation sites is 1. The zero-order chi connectivity index (χ0) is 11.9. The lowest BCUT2D eigenvalue weighted by molar-refractivity contribution is 1.41. The second-order valence-corrected chi connectivity index (χ2v) is 3.85. The van der Waals surface area contributed by atoms with E-state index in [1.807, 2.05) is 48.7 Å². The molecular formula is C16H17Cl2N. The lowest BCUT2D eigenvalue weighted by Gasteiger charge is -1.91. The average molecular weight is 294 g/mol. The van der Waals surface area contributed by atoms with E-state index in [1.165, 1.54) is 10.9 Å². The second-order valence-electron chi connectivity index (χ2n) is 3.85. The summed E-state index contributed by atoms with van der Waals surface area (Å²) in [6.07, 6.45) is 1.81. The molecule has 0 aliphatic carbocycles. The van der Waals surface area contributed by atoms with E-state index in [2.05, 4.69) is 36.2 Å². The van der Waals surface area contributed by atoms with Crippen LogP contribution in [0.4, 0.5) is 0 Å². The Kier molecular flexibility index (Phi) is 8.60. The molecule has 2 aromatic carbocycles. The molecule has 0 spiro atoms. The smallest absolute Gasteiger partial charge is 0.0701 e. The van der Waals surface area contributed by atoms with Crippen LogP contribution in [0.3, 0.4) is 0 Å². The highest BCUT2D eigenvalue weighted by atomic mass is 35.5. The summed E-state index contributed by atoms with van der Waals surface area (Å²) in [6, 6.07) is 22.3. The van der Waals surface area contributed by atoms with Gasteiger partial charge in [-0.25, -0.2) is 0 Å². The van der Waals surface area contributed by atoms with Gasteiger partial charge in [0, 0.05) is 11.6 Å². The van der Waals surface area contributed by atoms with Crippen molar-refractivity contribution in [3.63, 3.8) is 0 Å². The van der Waals surface area contributed by atoms with Gasteiger partial charge in [0.1, 0.15) is 0 Å². The Hall–Kier alpha value is -1.57. The third-order valence-electron chi connectivity index (χ3n) is 2.45. The molecule has 0 N–H and O–H groups in total. The SMILES string of the molecule is Cc1ccccc1.Cl.Cl.c1ccc2ncccc2c1. The molecule has 19 heavy (non-hydrogen) atoms. The van der Waals surface area contributed by atoms with Crippen LogP contribution in [0.5, 0.6) is 0 Å². The number of pyridine rings is 1. The Balaban J connectivity index is 0.000000325. The predicted molar refractivity (Wildman–Crippen MR) is 87.4 cm³/mol. The average Bonchev–Trinajstić information content (AvgIpc) is 2.41. The molecule has 0 radical (unpaired) electrons. The molecule has 1 aromatic heterocycles. The van der Waals surface area contributed by atoms with Crippen molar-refractivity contribution in [2.75, 3.05) is 0 Å². The number of benzene rings is 2. The van der Waals surface area contributed by atoms with Crippen LogP contribution in [-0.2, 0) is 0 Å². The van der Waals surface area contributed by atoms with Crippen LogP contribution in [0.1, 0.15) is 5.56 Å². The third-order valence-corrected chi connectivity index (χ3v) is 2.45. The Labute approximate surface area is 126 Å². The van der Waals surface area contributed by atoms with Crippen molar-refractivity contribution in [3.8, 4) is 0 Å². The first-order chi connectivity index (χ1) is 8.36. The molecule has 3 heteroatoms. The first-order valence-corrected chi connectivity index (χ1v) is 5.68. The maximum Gasteiger partial charge on any atom is 0.0701 e. The van der Waals surface area contributed by atoms with Gasteiger partial charge in [0.25, 0.3) is 0 Å². The van der Waals surface area contributed by atoms with Gasteiger partial charge in [0.05, 0.1) is 5.52 Å². The molecule has 3 rings (SSSR count). The highest BCUT2D eigenvalue weighted by molar-refractivity contribution is 5.85. The minimum atomic E-state index is 0. The van der Waals surface area contributed by atoms with Crippen LogP contribution in [0.2, 0.25) is 0 Å². The van der Waals surface area contributed by atoms with Crippen LogP contribution in [0.15, 0.2) is 72.9 Å². The van der Waals surface area contributed by atoms with E-state index in [-0.39, 0.29) is 24.8 Å². The highest BCUT2D eigenvalue weighted by Gasteiger charge is 1.86. The summed E-state index contributed by atoms with van der Waals surface area (Å²) < 4.78 is 0. The molecule has 3 aromatic rings. The molecule has 0 saturated carbocycles. The number of halogens is 2. The van der Waals surface area contributed by atoms with Crippen LogP contribution in [0.25, 0.3) is 10.9 Å². The maximum absolute atomic E-state index is 4.18. The molecule has 1 heterocycles. The summed E-state index contributed by atoms with van der Waals surface area (Å²) in [5.41, 5.74) is 2.38. The van der Waals surface area contributed by atoms with Gasteiger partial charge in [-0.2, -0.15) is 0 Å². The fourth-order valence-electron chi connectivity index (χ4n) is 1.55. The summed E-state index contributed by atoms with van der Waals surface area (Å²) in [5.74, 6) is 0. The molecule has 0 unspecified atom stereocenters. The van der Waals surface area contributed by atoms with Gasteiger partial charge in [-0.05, 0) is 19.1 Å². The summed E-state index contributed by atoms with van der Waals surface area (Å²) >= 11 is 0. The van der Waals surface area contributed by atoms with Crippen LogP contribution < -0.4 is 0 Å². The molecule has 0 saturated heterocycles. The number of hydrogen-bond donors (Lipinski definition) is 0. The van der Waals surface area contributed by atoms with Crippen LogP contribution in [0, 0.1) is 6.92 Å². The largest absolute Gasteiger partial charge is 0.256 e. The van der Waals surface area contributed by atoms with Gasteiger partial charge in [-0.1, -0.05) is 60.2 Å². The minimum Gasteiger partial charge on any atom is -0.256 e. The molecular weight excluding hydrogens is 277 g/mol. The summed E-state index contributed by atoms with van der Waals surface area (Å²) in [4.78, 5) is 4.18. The first kappa shape index (κ1) is 17.4. The number of aryl methyl sites for hydroxylation is 1. The molecule has 0 bridgehead atoms. The Morgan fingerprint density at radius 2 is 1.26 bits per heavy atom. The van der Waals surface area contributed by atoms with E-state index < -0.39 is 0 Å². The number of rotatable bonds is 0. The van der Waals surface area contributed by atoms with Crippen molar-refractivity contribution in [2.45, 2.75) is 6.92 Å². The molecule has 0 aliphatic heterocycles. The second kappa shape index (κ2) is 9.37. The lowest BCUT2D eigenvalue weighted by Crippen LogP contribution is -1.73. The normalized spacial score (nSPS) is 8.47. The monoisotopic (exact) mass is 293 g/mol. The predicted octanol–water partition coefficient (Wildman–Crippen LogP) is 5.07. The molecule has 1 nitrogen and oxygen atoms in total. The van der Waals surface area contributed by atoms with Crippen molar-refractivity contribution in [1.82, 2.24) is 4.98 Å². The fourth-order valence-corrected chi connectivity index (χ4v) is 1.55. The van der Waals surface area contributed by atoms with Crippen molar-refractivity contribution >= 4 is 35.7 Å². The van der Waals surface area contributed by atoms with Gasteiger partial charge in [-0.15, -0.1) is 24.8 Å². The lowest BCUT2D eigenvalue weighted by atomic mass is 10.2. The third kappa shape index (κ3) is 5.73. The van der Waals surface area contributed by atoms with E-state index in [1.54, 1.807) is 0 Å². The summed E-state index contributed by atoms with van der Waals surface area (Å²) in [5, 5.41) is 1.20. The van der Waals surface area contributed by atoms with Crippen molar-refractivity contribution < 1.29 is 0 Å². The minimum absolute atomic E-state index is 0. The topological polar surface area (TPSA) is 12.9 Å². The fraction of sp³-hybridized carbons (Fsp3) is 0.0625. The van der Waals surface area contributed by atoms with E-state index >= 15 is 0 Å². The number of aromatic nitrogens is 1. The zero-order valence-corrected chi connectivity index (χ0v) is 12.3. The Morgan fingerprint density at radius 1 is 0.684 bits per heavy atom. The molecule has 0 amide bonds. The molecule has 0 atom stereocenters. The van der Waals surface area contributed by atoms with Crippen molar-refractivity contribution in [2.24, 2.45) is 0 Å². The quantitative estimate of drug-likeness (QED) is 0.564. The molecule has 0 aliphatic rings.